The molecule has 0 radical (unpaired) electrons. The van der Waals surface area contributed by atoms with Gasteiger partial charge in [-0.15, -0.1) is 0 Å². The molecule has 2 aromatic heterocycles. The molecule has 0 saturated heterocycles. The number of rotatable bonds is 6. The standard InChI is InChI=1S/C23H27ClN4O4/c1-11(2)10-28-20-19(22(30)27-23(28)31)14(8-16(25-20)12(3)4)21(29)26-17-7-13(5)15(24)9-18(17)32-6/h7-9,11-12H,10H2,1-6H3,(H,26,29)(H,27,30,31). The average molecular weight is 459 g/mol. The molecule has 9 heteroatoms. The Bertz CT molecular complexity index is 1310. The minimum atomic E-state index is -0.655. The number of hydrogen-bond acceptors (Lipinski definition) is 5. The van der Waals surface area contributed by atoms with Crippen molar-refractivity contribution in [3.8, 4) is 5.75 Å². The molecule has 170 valence electrons. The Morgan fingerprint density at radius 3 is 2.50 bits per heavy atom. The summed E-state index contributed by atoms with van der Waals surface area (Å²) in [5.41, 5.74) is 0.902. The van der Waals surface area contributed by atoms with Gasteiger partial charge in [-0.05, 0) is 36.5 Å². The molecule has 0 unspecified atom stereocenters. The molecule has 0 saturated carbocycles. The number of methoxy groups -OCH3 is 1. The minimum Gasteiger partial charge on any atom is -0.495 e. The van der Waals surface area contributed by atoms with Crippen LogP contribution in [0.1, 0.15) is 55.2 Å². The molecule has 32 heavy (non-hydrogen) atoms. The maximum atomic E-state index is 13.4. The number of amides is 1. The number of aryl methyl sites for hydroxylation is 1. The number of fused-ring (bicyclic) bond motifs is 1. The number of halogens is 1. The third-order valence-electron chi connectivity index (χ3n) is 5.08. The van der Waals surface area contributed by atoms with E-state index in [0.717, 1.165) is 5.56 Å². The molecule has 0 aliphatic heterocycles. The van der Waals surface area contributed by atoms with Gasteiger partial charge >= 0.3 is 5.69 Å². The Morgan fingerprint density at radius 2 is 1.91 bits per heavy atom. The normalized spacial score (nSPS) is 11.4. The largest absolute Gasteiger partial charge is 0.495 e. The lowest BCUT2D eigenvalue weighted by atomic mass is 10.0. The average Bonchev–Trinajstić information content (AvgIpc) is 2.72. The Balaban J connectivity index is 2.26. The lowest BCUT2D eigenvalue weighted by molar-refractivity contribution is 0.102. The van der Waals surface area contributed by atoms with Crippen molar-refractivity contribution in [2.45, 2.75) is 47.1 Å². The van der Waals surface area contributed by atoms with Crippen molar-refractivity contribution < 1.29 is 9.53 Å². The highest BCUT2D eigenvalue weighted by atomic mass is 35.5. The van der Waals surface area contributed by atoms with E-state index in [1.54, 1.807) is 18.2 Å². The van der Waals surface area contributed by atoms with E-state index in [4.69, 9.17) is 16.3 Å². The van der Waals surface area contributed by atoms with Crippen LogP contribution in [0.2, 0.25) is 5.02 Å². The summed E-state index contributed by atoms with van der Waals surface area (Å²) < 4.78 is 6.76. The molecule has 0 fully saturated rings. The Labute approximate surface area is 190 Å². The molecule has 1 aromatic carbocycles. The summed E-state index contributed by atoms with van der Waals surface area (Å²) in [6.45, 7) is 9.94. The van der Waals surface area contributed by atoms with Gasteiger partial charge in [-0.1, -0.05) is 39.3 Å². The van der Waals surface area contributed by atoms with Crippen LogP contribution in [0.25, 0.3) is 11.0 Å². The first-order valence-corrected chi connectivity index (χ1v) is 10.7. The number of nitrogens with zero attached hydrogens (tertiary/aromatic N) is 2. The fourth-order valence-electron chi connectivity index (χ4n) is 3.42. The Morgan fingerprint density at radius 1 is 1.22 bits per heavy atom. The smallest absolute Gasteiger partial charge is 0.330 e. The molecule has 0 aliphatic rings. The first-order valence-electron chi connectivity index (χ1n) is 10.4. The third-order valence-corrected chi connectivity index (χ3v) is 5.49. The molecule has 0 spiro atoms. The molecule has 2 N–H and O–H groups in total. The molecule has 0 bridgehead atoms. The number of hydrogen-bond donors (Lipinski definition) is 2. The fourth-order valence-corrected chi connectivity index (χ4v) is 3.58. The van der Waals surface area contributed by atoms with E-state index in [0.29, 0.717) is 28.7 Å². The number of aromatic amines is 1. The molecule has 0 atom stereocenters. The van der Waals surface area contributed by atoms with Crippen LogP contribution in [0.5, 0.6) is 5.75 Å². The maximum absolute atomic E-state index is 13.4. The highest BCUT2D eigenvalue weighted by Gasteiger charge is 2.22. The van der Waals surface area contributed by atoms with Gasteiger partial charge in [-0.3, -0.25) is 19.1 Å². The molecular formula is C23H27ClN4O4. The zero-order valence-corrected chi connectivity index (χ0v) is 19.8. The van der Waals surface area contributed by atoms with E-state index < -0.39 is 17.2 Å². The van der Waals surface area contributed by atoms with E-state index >= 15 is 0 Å². The van der Waals surface area contributed by atoms with E-state index in [9.17, 15) is 14.4 Å². The number of H-pyrrole nitrogens is 1. The monoisotopic (exact) mass is 458 g/mol. The number of carbonyl (C=O) groups is 1. The van der Waals surface area contributed by atoms with Gasteiger partial charge in [-0.25, -0.2) is 9.78 Å². The second-order valence-corrected chi connectivity index (χ2v) is 8.87. The topological polar surface area (TPSA) is 106 Å². The van der Waals surface area contributed by atoms with Crippen molar-refractivity contribution in [2.75, 3.05) is 12.4 Å². The van der Waals surface area contributed by atoms with Gasteiger partial charge in [0.15, 0.2) is 5.65 Å². The Kier molecular flexibility index (Phi) is 6.74. The minimum absolute atomic E-state index is 0.0276. The van der Waals surface area contributed by atoms with Gasteiger partial charge in [0.25, 0.3) is 11.5 Å². The number of aromatic nitrogens is 3. The molecule has 0 aliphatic carbocycles. The SMILES string of the molecule is COc1cc(Cl)c(C)cc1NC(=O)c1cc(C(C)C)nc2c1c(=O)[nH]c(=O)n2CC(C)C. The summed E-state index contributed by atoms with van der Waals surface area (Å²) in [7, 11) is 1.48. The lowest BCUT2D eigenvalue weighted by Gasteiger charge is -2.17. The number of carbonyl (C=O) groups excluding carboxylic acids is 1. The van der Waals surface area contributed by atoms with Crippen molar-refractivity contribution in [3.63, 3.8) is 0 Å². The first-order chi connectivity index (χ1) is 15.0. The number of nitrogens with one attached hydrogen (secondary N) is 2. The van der Waals surface area contributed by atoms with Crippen LogP contribution < -0.4 is 21.3 Å². The van der Waals surface area contributed by atoms with Crippen LogP contribution in [0, 0.1) is 12.8 Å². The number of ether oxygens (including phenoxy) is 1. The van der Waals surface area contributed by atoms with Crippen LogP contribution in [-0.2, 0) is 6.54 Å². The van der Waals surface area contributed by atoms with Gasteiger partial charge in [0, 0.05) is 23.3 Å². The second kappa shape index (κ2) is 9.16. The summed E-state index contributed by atoms with van der Waals surface area (Å²) in [6.07, 6.45) is 0. The predicted octanol–water partition coefficient (Wildman–Crippen LogP) is 4.09. The van der Waals surface area contributed by atoms with Crippen molar-refractivity contribution >= 4 is 34.2 Å². The summed E-state index contributed by atoms with van der Waals surface area (Å²) in [5.74, 6) is -0.0216. The lowest BCUT2D eigenvalue weighted by Crippen LogP contribution is -2.33. The number of anilines is 1. The number of pyridine rings is 1. The zero-order valence-electron chi connectivity index (χ0n) is 19.0. The van der Waals surface area contributed by atoms with E-state index in [1.165, 1.54) is 11.7 Å². The van der Waals surface area contributed by atoms with Gasteiger partial charge in [-0.2, -0.15) is 0 Å². The molecular weight excluding hydrogens is 432 g/mol. The summed E-state index contributed by atoms with van der Waals surface area (Å²) in [6, 6.07) is 4.91. The van der Waals surface area contributed by atoms with Crippen LogP contribution in [0.4, 0.5) is 5.69 Å². The Hall–Kier alpha value is -3.13. The molecule has 3 rings (SSSR count). The maximum Gasteiger partial charge on any atom is 0.330 e. The highest BCUT2D eigenvalue weighted by Crippen LogP contribution is 2.31. The summed E-state index contributed by atoms with van der Waals surface area (Å²) in [5, 5.41) is 3.39. The quantitative estimate of drug-likeness (QED) is 0.578. The van der Waals surface area contributed by atoms with Crippen molar-refractivity contribution in [1.29, 1.82) is 0 Å². The summed E-state index contributed by atoms with van der Waals surface area (Å²) in [4.78, 5) is 45.6. The summed E-state index contributed by atoms with van der Waals surface area (Å²) >= 11 is 6.17. The molecule has 8 nitrogen and oxygen atoms in total. The van der Waals surface area contributed by atoms with Crippen molar-refractivity contribution in [3.05, 3.63) is 60.9 Å². The van der Waals surface area contributed by atoms with Gasteiger partial charge < -0.3 is 10.1 Å². The fraction of sp³-hybridized carbons (Fsp3) is 0.391. The van der Waals surface area contributed by atoms with Crippen LogP contribution in [-0.4, -0.2) is 27.6 Å². The predicted molar refractivity (Wildman–Crippen MR) is 126 cm³/mol. The third kappa shape index (κ3) is 4.55. The van der Waals surface area contributed by atoms with Gasteiger partial charge in [0.2, 0.25) is 0 Å². The molecule has 2 heterocycles. The van der Waals surface area contributed by atoms with Crippen molar-refractivity contribution in [2.24, 2.45) is 5.92 Å². The zero-order chi connectivity index (χ0) is 23.7. The first kappa shape index (κ1) is 23.5. The van der Waals surface area contributed by atoms with E-state index in [2.05, 4.69) is 15.3 Å². The second-order valence-electron chi connectivity index (χ2n) is 8.47. The van der Waals surface area contributed by atoms with E-state index in [-0.39, 0.29) is 28.4 Å². The van der Waals surface area contributed by atoms with Crippen molar-refractivity contribution in [1.82, 2.24) is 14.5 Å². The van der Waals surface area contributed by atoms with Crippen LogP contribution >= 0.6 is 11.6 Å². The van der Waals surface area contributed by atoms with Crippen LogP contribution in [0.3, 0.4) is 0 Å². The molecule has 3 aromatic rings. The highest BCUT2D eigenvalue weighted by molar-refractivity contribution is 6.31. The van der Waals surface area contributed by atoms with Crippen LogP contribution in [0.15, 0.2) is 27.8 Å². The van der Waals surface area contributed by atoms with Gasteiger partial charge in [0.1, 0.15) is 5.75 Å². The van der Waals surface area contributed by atoms with E-state index in [1.807, 2.05) is 34.6 Å². The van der Waals surface area contributed by atoms with Gasteiger partial charge in [0.05, 0.1) is 23.7 Å². The molecule has 1 amide bonds. The number of benzene rings is 1.